The van der Waals surface area contributed by atoms with Crippen LogP contribution in [0, 0.1) is 11.3 Å². The molecule has 1 aliphatic heterocycles. The topological polar surface area (TPSA) is 45.4 Å². The van der Waals surface area contributed by atoms with E-state index in [1.807, 2.05) is 6.07 Å². The maximum atomic E-state index is 8.08. The normalized spacial score (nSPS) is 17.0. The van der Waals surface area contributed by atoms with Gasteiger partial charge in [0, 0.05) is 12.2 Å². The van der Waals surface area contributed by atoms with Gasteiger partial charge in [-0.05, 0) is 0 Å². The first kappa shape index (κ1) is 5.83. The van der Waals surface area contributed by atoms with Gasteiger partial charge in [0.15, 0.2) is 0 Å². The molecule has 0 unspecified atom stereocenters. The van der Waals surface area contributed by atoms with Gasteiger partial charge < -0.3 is 4.74 Å². The molecule has 0 aromatic rings. The van der Waals surface area contributed by atoms with Gasteiger partial charge in [-0.3, -0.25) is 0 Å². The van der Waals surface area contributed by atoms with E-state index in [1.54, 1.807) is 6.08 Å². The minimum atomic E-state index is 0.566. The molecule has 1 rings (SSSR count). The zero-order chi connectivity index (χ0) is 6.53. The average Bonchev–Trinajstić information content (AvgIpc) is 2.34. The Labute approximate surface area is 53.3 Å². The average molecular weight is 122 g/mol. The Balaban J connectivity index is 2.46. The van der Waals surface area contributed by atoms with Gasteiger partial charge >= 0.3 is 0 Å². The van der Waals surface area contributed by atoms with Gasteiger partial charge in [0.1, 0.15) is 6.61 Å². The van der Waals surface area contributed by atoms with E-state index in [1.165, 1.54) is 6.08 Å². The maximum absolute atomic E-state index is 8.08. The van der Waals surface area contributed by atoms with Gasteiger partial charge in [0.05, 0.1) is 12.6 Å². The molecular weight excluding hydrogens is 116 g/mol. The van der Waals surface area contributed by atoms with Crippen LogP contribution >= 0.6 is 0 Å². The van der Waals surface area contributed by atoms with Gasteiger partial charge in [-0.1, -0.05) is 0 Å². The van der Waals surface area contributed by atoms with Gasteiger partial charge in [0.2, 0.25) is 5.90 Å². The number of rotatable bonds is 1. The summed E-state index contributed by atoms with van der Waals surface area (Å²) in [5, 5.41) is 8.08. The van der Waals surface area contributed by atoms with E-state index in [2.05, 4.69) is 4.99 Å². The molecule has 0 saturated carbocycles. The molecule has 9 heavy (non-hydrogen) atoms. The van der Waals surface area contributed by atoms with Crippen molar-refractivity contribution in [1.29, 1.82) is 5.26 Å². The molecule has 3 heteroatoms. The summed E-state index contributed by atoms with van der Waals surface area (Å²) in [6.45, 7) is 1.36. The van der Waals surface area contributed by atoms with Crippen LogP contribution in [0.5, 0.6) is 0 Å². The molecule has 0 saturated heterocycles. The lowest BCUT2D eigenvalue weighted by atomic mass is 10.5. The van der Waals surface area contributed by atoms with Crippen molar-refractivity contribution in [2.45, 2.75) is 0 Å². The summed E-state index contributed by atoms with van der Waals surface area (Å²) in [6, 6.07) is 1.85. The van der Waals surface area contributed by atoms with Crippen molar-refractivity contribution in [2.24, 2.45) is 4.99 Å². The molecule has 3 nitrogen and oxygen atoms in total. The Morgan fingerprint density at radius 3 is 3.22 bits per heavy atom. The van der Waals surface area contributed by atoms with E-state index in [4.69, 9.17) is 10.00 Å². The fourth-order valence-electron chi connectivity index (χ4n) is 0.561. The predicted molar refractivity (Wildman–Crippen MR) is 33.0 cm³/mol. The largest absolute Gasteiger partial charge is 0.476 e. The van der Waals surface area contributed by atoms with E-state index < -0.39 is 0 Å². The summed E-state index contributed by atoms with van der Waals surface area (Å²) in [7, 11) is 0. The van der Waals surface area contributed by atoms with Gasteiger partial charge in [-0.25, -0.2) is 4.99 Å². The van der Waals surface area contributed by atoms with E-state index in [9.17, 15) is 0 Å². The summed E-state index contributed by atoms with van der Waals surface area (Å²) in [5.41, 5.74) is 0. The van der Waals surface area contributed by atoms with Gasteiger partial charge in [0.25, 0.3) is 0 Å². The SMILES string of the molecule is N#CC=CC1=NCCO1. The van der Waals surface area contributed by atoms with Crippen molar-refractivity contribution in [2.75, 3.05) is 13.2 Å². The number of allylic oxidation sites excluding steroid dienone is 1. The summed E-state index contributed by atoms with van der Waals surface area (Å²) >= 11 is 0. The standard InChI is InChI=1S/C6H6N2O/c7-3-1-2-6-8-4-5-9-6/h1-2H,4-5H2. The van der Waals surface area contributed by atoms with Gasteiger partial charge in [-0.15, -0.1) is 0 Å². The Bertz CT molecular complexity index is 188. The molecule has 1 heterocycles. The summed E-state index contributed by atoms with van der Waals surface area (Å²) in [4.78, 5) is 3.93. The second-order valence-corrected chi connectivity index (χ2v) is 1.53. The number of ether oxygens (including phenoxy) is 1. The van der Waals surface area contributed by atoms with Crippen molar-refractivity contribution in [1.82, 2.24) is 0 Å². The second-order valence-electron chi connectivity index (χ2n) is 1.53. The Morgan fingerprint density at radius 2 is 2.67 bits per heavy atom. The first-order valence-corrected chi connectivity index (χ1v) is 2.67. The predicted octanol–water partition coefficient (Wildman–Crippen LogP) is 0.495. The lowest BCUT2D eigenvalue weighted by Crippen LogP contribution is -1.92. The molecule has 0 spiro atoms. The van der Waals surface area contributed by atoms with Crippen molar-refractivity contribution in [3.05, 3.63) is 12.2 Å². The maximum Gasteiger partial charge on any atom is 0.209 e. The van der Waals surface area contributed by atoms with Crippen molar-refractivity contribution in [3.8, 4) is 6.07 Å². The molecule has 0 radical (unpaired) electrons. The van der Waals surface area contributed by atoms with Crippen LogP contribution in [0.15, 0.2) is 17.1 Å². The van der Waals surface area contributed by atoms with E-state index in [0.717, 1.165) is 0 Å². The Morgan fingerprint density at radius 1 is 1.78 bits per heavy atom. The quantitative estimate of drug-likeness (QED) is 0.475. The molecule has 46 valence electrons. The lowest BCUT2D eigenvalue weighted by molar-refractivity contribution is 0.350. The Hall–Kier alpha value is -1.30. The van der Waals surface area contributed by atoms with Crippen LogP contribution in [-0.2, 0) is 4.74 Å². The molecule has 0 N–H and O–H groups in total. The molecular formula is C6H6N2O. The number of hydrogen-bond acceptors (Lipinski definition) is 3. The minimum absolute atomic E-state index is 0.566. The van der Waals surface area contributed by atoms with Crippen LogP contribution in [0.1, 0.15) is 0 Å². The monoisotopic (exact) mass is 122 g/mol. The molecule has 0 fully saturated rings. The number of hydrogen-bond donors (Lipinski definition) is 0. The highest BCUT2D eigenvalue weighted by Gasteiger charge is 2.00. The molecule has 0 aromatic heterocycles. The highest BCUT2D eigenvalue weighted by atomic mass is 16.5. The van der Waals surface area contributed by atoms with Gasteiger partial charge in [-0.2, -0.15) is 5.26 Å². The molecule has 0 bridgehead atoms. The van der Waals surface area contributed by atoms with Crippen molar-refractivity contribution >= 4 is 5.90 Å². The molecule has 0 aliphatic carbocycles. The van der Waals surface area contributed by atoms with Crippen LogP contribution in [0.3, 0.4) is 0 Å². The third kappa shape index (κ3) is 1.57. The van der Waals surface area contributed by atoms with Crippen LogP contribution in [-0.4, -0.2) is 19.0 Å². The lowest BCUT2D eigenvalue weighted by Gasteiger charge is -1.88. The highest BCUT2D eigenvalue weighted by molar-refractivity contribution is 5.88. The molecule has 0 atom stereocenters. The van der Waals surface area contributed by atoms with E-state index >= 15 is 0 Å². The summed E-state index contributed by atoms with van der Waals surface area (Å²) < 4.78 is 4.97. The summed E-state index contributed by atoms with van der Waals surface area (Å²) in [6.07, 6.45) is 2.91. The van der Waals surface area contributed by atoms with Crippen LogP contribution in [0.4, 0.5) is 0 Å². The third-order valence-electron chi connectivity index (χ3n) is 0.909. The Kier molecular flexibility index (Phi) is 1.86. The highest BCUT2D eigenvalue weighted by Crippen LogP contribution is 1.93. The zero-order valence-corrected chi connectivity index (χ0v) is 4.87. The van der Waals surface area contributed by atoms with Crippen LogP contribution in [0.25, 0.3) is 0 Å². The van der Waals surface area contributed by atoms with E-state index in [-0.39, 0.29) is 0 Å². The molecule has 0 amide bonds. The number of nitriles is 1. The number of nitrogens with zero attached hydrogens (tertiary/aromatic N) is 2. The van der Waals surface area contributed by atoms with E-state index in [0.29, 0.717) is 19.0 Å². The third-order valence-corrected chi connectivity index (χ3v) is 0.909. The molecule has 1 aliphatic rings. The first-order chi connectivity index (χ1) is 4.43. The minimum Gasteiger partial charge on any atom is -0.476 e. The fourth-order valence-corrected chi connectivity index (χ4v) is 0.561. The second kappa shape index (κ2) is 2.88. The van der Waals surface area contributed by atoms with Crippen molar-refractivity contribution in [3.63, 3.8) is 0 Å². The molecule has 0 aromatic carbocycles. The van der Waals surface area contributed by atoms with Crippen molar-refractivity contribution < 1.29 is 4.74 Å². The zero-order valence-electron chi connectivity index (χ0n) is 4.87. The summed E-state index contributed by atoms with van der Waals surface area (Å²) in [5.74, 6) is 0.566. The van der Waals surface area contributed by atoms with Crippen LogP contribution < -0.4 is 0 Å². The fraction of sp³-hybridized carbons (Fsp3) is 0.333. The van der Waals surface area contributed by atoms with Crippen LogP contribution in [0.2, 0.25) is 0 Å². The number of aliphatic imine (C=N–C) groups is 1. The smallest absolute Gasteiger partial charge is 0.209 e. The first-order valence-electron chi connectivity index (χ1n) is 2.67.